The summed E-state index contributed by atoms with van der Waals surface area (Å²) in [7, 11) is 0. The number of fused-ring (bicyclic) bond motifs is 1. The number of hydrogen-bond donors (Lipinski definition) is 1. The number of ether oxygens (including phenoxy) is 2. The fourth-order valence-corrected chi connectivity index (χ4v) is 2.68. The molecule has 1 N–H and O–H groups in total. The summed E-state index contributed by atoms with van der Waals surface area (Å²) in [6, 6.07) is 6.29. The maximum atomic E-state index is 9.26. The number of hydrogen-bond acceptors (Lipinski definition) is 4. The smallest absolute Gasteiger partial charge is 0.231 e. The van der Waals surface area contributed by atoms with Crippen LogP contribution in [0.3, 0.4) is 0 Å². The fraction of sp³-hybridized carbons (Fsp3) is 0.467. The summed E-state index contributed by atoms with van der Waals surface area (Å²) in [6.07, 6.45) is 6.53. The molecule has 0 spiro atoms. The van der Waals surface area contributed by atoms with Crippen LogP contribution in [0.5, 0.6) is 11.5 Å². The average Bonchev–Trinajstić information content (AvgIpc) is 3.06. The van der Waals surface area contributed by atoms with E-state index in [9.17, 15) is 5.11 Å². The van der Waals surface area contributed by atoms with Crippen LogP contribution < -0.4 is 9.47 Å². The average molecular weight is 261 g/mol. The summed E-state index contributed by atoms with van der Waals surface area (Å²) in [5, 5.41) is 9.26. The largest absolute Gasteiger partial charge is 0.454 e. The molecular weight excluding hydrogens is 242 g/mol. The van der Waals surface area contributed by atoms with Gasteiger partial charge in [-0.25, -0.2) is 0 Å². The number of rotatable bonds is 4. The van der Waals surface area contributed by atoms with Crippen molar-refractivity contribution in [3.05, 3.63) is 29.8 Å². The van der Waals surface area contributed by atoms with E-state index in [2.05, 4.69) is 17.1 Å². The van der Waals surface area contributed by atoms with Crippen molar-refractivity contribution in [3.63, 3.8) is 0 Å². The third kappa shape index (κ3) is 2.74. The third-order valence-electron chi connectivity index (χ3n) is 3.76. The molecule has 4 nitrogen and oxygen atoms in total. The van der Waals surface area contributed by atoms with E-state index in [0.29, 0.717) is 12.8 Å². The Morgan fingerprint density at radius 2 is 2.21 bits per heavy atom. The number of nitrogens with zero attached hydrogens (tertiary/aromatic N) is 1. The second kappa shape index (κ2) is 5.63. The van der Waals surface area contributed by atoms with Gasteiger partial charge in [0.2, 0.25) is 6.79 Å². The number of aliphatic hydroxyl groups is 1. The van der Waals surface area contributed by atoms with Crippen LogP contribution in [0.2, 0.25) is 0 Å². The van der Waals surface area contributed by atoms with Gasteiger partial charge in [-0.3, -0.25) is 4.90 Å². The van der Waals surface area contributed by atoms with Gasteiger partial charge < -0.3 is 14.6 Å². The molecule has 1 atom stereocenters. The van der Waals surface area contributed by atoms with Gasteiger partial charge in [0.15, 0.2) is 11.5 Å². The van der Waals surface area contributed by atoms with E-state index in [1.54, 1.807) is 0 Å². The van der Waals surface area contributed by atoms with Crippen molar-refractivity contribution in [2.24, 2.45) is 0 Å². The summed E-state index contributed by atoms with van der Waals surface area (Å²) >= 11 is 0. The second-order valence-corrected chi connectivity index (χ2v) is 4.99. The number of benzene rings is 1. The Balaban J connectivity index is 1.60. The predicted octanol–water partition coefficient (Wildman–Crippen LogP) is 1.89. The Morgan fingerprint density at radius 3 is 3.11 bits per heavy atom. The highest BCUT2D eigenvalue weighted by atomic mass is 16.7. The Bertz CT molecular complexity index is 472. The minimum absolute atomic E-state index is 0.262. The van der Waals surface area contributed by atoms with Gasteiger partial charge in [-0.15, -0.1) is 0 Å². The van der Waals surface area contributed by atoms with Gasteiger partial charge in [0.25, 0.3) is 0 Å². The zero-order chi connectivity index (χ0) is 13.1. The molecule has 19 heavy (non-hydrogen) atoms. The molecule has 0 saturated carbocycles. The van der Waals surface area contributed by atoms with E-state index < -0.39 is 0 Å². The molecule has 0 bridgehead atoms. The lowest BCUT2D eigenvalue weighted by Gasteiger charge is -2.20. The molecule has 2 aliphatic heterocycles. The summed E-state index contributed by atoms with van der Waals surface area (Å²) < 4.78 is 10.6. The Labute approximate surface area is 113 Å². The monoisotopic (exact) mass is 261 g/mol. The first kappa shape index (κ1) is 12.5. The molecule has 1 aromatic carbocycles. The Morgan fingerprint density at radius 1 is 1.32 bits per heavy atom. The van der Waals surface area contributed by atoms with Crippen molar-refractivity contribution in [1.29, 1.82) is 0 Å². The Hall–Kier alpha value is -1.52. The van der Waals surface area contributed by atoms with Crippen LogP contribution in [0.15, 0.2) is 24.3 Å². The molecule has 1 unspecified atom stereocenters. The molecule has 0 radical (unpaired) electrons. The van der Waals surface area contributed by atoms with Gasteiger partial charge in [-0.2, -0.15) is 0 Å². The maximum absolute atomic E-state index is 9.26. The maximum Gasteiger partial charge on any atom is 0.231 e. The quantitative estimate of drug-likeness (QED) is 0.898. The van der Waals surface area contributed by atoms with Gasteiger partial charge in [0.1, 0.15) is 0 Å². The molecule has 2 heterocycles. The van der Waals surface area contributed by atoms with E-state index in [1.807, 2.05) is 18.2 Å². The Kier molecular flexibility index (Phi) is 3.71. The fourth-order valence-electron chi connectivity index (χ4n) is 2.68. The van der Waals surface area contributed by atoms with Gasteiger partial charge in [-0.05, 0) is 37.1 Å². The van der Waals surface area contributed by atoms with Crippen molar-refractivity contribution in [2.75, 3.05) is 26.5 Å². The molecule has 1 fully saturated rings. The molecular formula is C15H19NO3. The lowest BCUT2D eigenvalue weighted by atomic mass is 10.2. The van der Waals surface area contributed by atoms with Crippen molar-refractivity contribution in [2.45, 2.75) is 18.9 Å². The predicted molar refractivity (Wildman–Crippen MR) is 73.3 cm³/mol. The zero-order valence-electron chi connectivity index (χ0n) is 10.9. The molecule has 2 aliphatic rings. The highest BCUT2D eigenvalue weighted by molar-refractivity contribution is 5.56. The first-order chi connectivity index (χ1) is 9.36. The SMILES string of the molecule is OCC1CCCN1C/C=C/c1ccc2c(c1)OCO2. The van der Waals surface area contributed by atoms with Crippen LogP contribution in [0.25, 0.3) is 6.08 Å². The van der Waals surface area contributed by atoms with Crippen LogP contribution >= 0.6 is 0 Å². The molecule has 0 aromatic heterocycles. The standard InChI is InChI=1S/C15H19NO3/c17-10-13-4-2-8-16(13)7-1-3-12-5-6-14-15(9-12)19-11-18-14/h1,3,5-6,9,13,17H,2,4,7-8,10-11H2/b3-1+. The molecule has 3 rings (SSSR count). The van der Waals surface area contributed by atoms with Crippen molar-refractivity contribution >= 4 is 6.08 Å². The van der Waals surface area contributed by atoms with Crippen molar-refractivity contribution in [1.82, 2.24) is 4.90 Å². The lowest BCUT2D eigenvalue weighted by molar-refractivity contribution is 0.170. The van der Waals surface area contributed by atoms with Crippen molar-refractivity contribution < 1.29 is 14.6 Å². The number of likely N-dealkylation sites (tertiary alicyclic amines) is 1. The van der Waals surface area contributed by atoms with Crippen LogP contribution in [0, 0.1) is 0 Å². The normalized spacial score (nSPS) is 22.5. The van der Waals surface area contributed by atoms with Crippen LogP contribution in [-0.4, -0.2) is 42.5 Å². The molecule has 0 aliphatic carbocycles. The minimum atomic E-state index is 0.262. The highest BCUT2D eigenvalue weighted by Crippen LogP contribution is 2.32. The third-order valence-corrected chi connectivity index (χ3v) is 3.76. The van der Waals surface area contributed by atoms with E-state index in [4.69, 9.17) is 9.47 Å². The van der Waals surface area contributed by atoms with Crippen molar-refractivity contribution in [3.8, 4) is 11.5 Å². The summed E-state index contributed by atoms with van der Waals surface area (Å²) in [5.74, 6) is 1.63. The molecule has 102 valence electrons. The van der Waals surface area contributed by atoms with E-state index in [-0.39, 0.29) is 6.61 Å². The summed E-state index contributed by atoms with van der Waals surface area (Å²) in [6.45, 7) is 2.54. The molecule has 1 aromatic rings. The summed E-state index contributed by atoms with van der Waals surface area (Å²) in [4.78, 5) is 2.32. The van der Waals surface area contributed by atoms with Gasteiger partial charge in [0.05, 0.1) is 6.61 Å². The molecule has 4 heteroatoms. The molecule has 0 amide bonds. The van der Waals surface area contributed by atoms with Crippen LogP contribution in [-0.2, 0) is 0 Å². The first-order valence-electron chi connectivity index (χ1n) is 6.78. The summed E-state index contributed by atoms with van der Waals surface area (Å²) in [5.41, 5.74) is 1.11. The van der Waals surface area contributed by atoms with Gasteiger partial charge in [-0.1, -0.05) is 18.2 Å². The number of aliphatic hydroxyl groups excluding tert-OH is 1. The van der Waals surface area contributed by atoms with Gasteiger partial charge >= 0.3 is 0 Å². The van der Waals surface area contributed by atoms with E-state index in [0.717, 1.165) is 36.6 Å². The van der Waals surface area contributed by atoms with E-state index >= 15 is 0 Å². The topological polar surface area (TPSA) is 41.9 Å². The first-order valence-corrected chi connectivity index (χ1v) is 6.78. The van der Waals surface area contributed by atoms with Crippen LogP contribution in [0.1, 0.15) is 18.4 Å². The second-order valence-electron chi connectivity index (χ2n) is 4.99. The van der Waals surface area contributed by atoms with Crippen LogP contribution in [0.4, 0.5) is 0 Å². The molecule has 1 saturated heterocycles. The van der Waals surface area contributed by atoms with E-state index in [1.165, 1.54) is 6.42 Å². The van der Waals surface area contributed by atoms with Gasteiger partial charge in [0, 0.05) is 12.6 Å². The lowest BCUT2D eigenvalue weighted by Crippen LogP contribution is -2.32. The zero-order valence-corrected chi connectivity index (χ0v) is 10.9. The highest BCUT2D eigenvalue weighted by Gasteiger charge is 2.22. The minimum Gasteiger partial charge on any atom is -0.454 e.